The Hall–Kier alpha value is -3.47. The van der Waals surface area contributed by atoms with Gasteiger partial charge in [0.2, 0.25) is 0 Å². The van der Waals surface area contributed by atoms with Crippen LogP contribution < -0.4 is 0 Å². The average Bonchev–Trinajstić information content (AvgIpc) is 2.97. The largest absolute Gasteiger partial charge is 0.478 e. The van der Waals surface area contributed by atoms with Crippen molar-refractivity contribution in [3.05, 3.63) is 88.0 Å². The van der Waals surface area contributed by atoms with Gasteiger partial charge in [-0.2, -0.15) is 0 Å². The molecule has 1 unspecified atom stereocenters. The quantitative estimate of drug-likeness (QED) is 0.662. The molecule has 3 rings (SSSR count). The monoisotopic (exact) mass is 362 g/mol. The molecule has 2 aromatic rings. The van der Waals surface area contributed by atoms with Gasteiger partial charge in [-0.05, 0) is 55.3 Å². The van der Waals surface area contributed by atoms with Gasteiger partial charge in [-0.1, -0.05) is 35.9 Å². The van der Waals surface area contributed by atoms with Gasteiger partial charge in [0.1, 0.15) is 6.10 Å². The lowest BCUT2D eigenvalue weighted by molar-refractivity contribution is -0.111. The second-order valence-electron chi connectivity index (χ2n) is 6.36. The van der Waals surface area contributed by atoms with E-state index < -0.39 is 18.0 Å². The summed E-state index contributed by atoms with van der Waals surface area (Å²) in [6.45, 7) is 3.92. The van der Waals surface area contributed by atoms with Crippen LogP contribution in [0.5, 0.6) is 0 Å². The molecule has 0 radical (unpaired) electrons. The summed E-state index contributed by atoms with van der Waals surface area (Å²) in [6.07, 6.45) is 3.71. The molecule has 1 N–H and O–H groups in total. The molecular formula is C22H18O5. The molecule has 5 nitrogen and oxygen atoms in total. The summed E-state index contributed by atoms with van der Waals surface area (Å²) < 4.78 is 5.43. The summed E-state index contributed by atoms with van der Waals surface area (Å²) >= 11 is 0. The molecule has 0 spiro atoms. The van der Waals surface area contributed by atoms with Crippen LogP contribution in [0.4, 0.5) is 0 Å². The lowest BCUT2D eigenvalue weighted by Crippen LogP contribution is -2.20. The van der Waals surface area contributed by atoms with Gasteiger partial charge in [-0.3, -0.25) is 4.79 Å². The lowest BCUT2D eigenvalue weighted by Gasteiger charge is -2.14. The number of aromatic carboxylic acids is 1. The van der Waals surface area contributed by atoms with Gasteiger partial charge in [-0.15, -0.1) is 0 Å². The lowest BCUT2D eigenvalue weighted by atomic mass is 10.0. The first-order valence-corrected chi connectivity index (χ1v) is 8.41. The molecule has 1 aliphatic carbocycles. The van der Waals surface area contributed by atoms with Crippen molar-refractivity contribution in [2.24, 2.45) is 0 Å². The number of carbonyl (C=O) groups is 3. The Bertz CT molecular complexity index is 998. The third kappa shape index (κ3) is 3.87. The van der Waals surface area contributed by atoms with Gasteiger partial charge in [0.25, 0.3) is 0 Å². The SMILES string of the molecule is Cc1ccc(/C=C2\C(=O)C=CC2OC(=O)c2ccccc2C(=O)O)c(C)c1. The van der Waals surface area contributed by atoms with Crippen LogP contribution in [-0.4, -0.2) is 28.9 Å². The molecule has 27 heavy (non-hydrogen) atoms. The molecule has 0 saturated heterocycles. The molecule has 1 aliphatic rings. The smallest absolute Gasteiger partial charge is 0.339 e. The maximum absolute atomic E-state index is 12.5. The summed E-state index contributed by atoms with van der Waals surface area (Å²) in [4.78, 5) is 36.0. The maximum Gasteiger partial charge on any atom is 0.339 e. The Morgan fingerprint density at radius 1 is 1.07 bits per heavy atom. The fourth-order valence-corrected chi connectivity index (χ4v) is 2.95. The number of hydrogen-bond acceptors (Lipinski definition) is 4. The number of rotatable bonds is 4. The van der Waals surface area contributed by atoms with Gasteiger partial charge in [0.15, 0.2) is 5.78 Å². The molecule has 1 atom stereocenters. The molecule has 0 heterocycles. The Labute approximate surface area is 156 Å². The minimum atomic E-state index is -1.22. The van der Waals surface area contributed by atoms with E-state index in [4.69, 9.17) is 4.74 Å². The number of carboxylic acid groups (broad SMARTS) is 1. The highest BCUT2D eigenvalue weighted by molar-refractivity contribution is 6.11. The zero-order chi connectivity index (χ0) is 19.6. The molecule has 5 heteroatoms. The van der Waals surface area contributed by atoms with Crippen LogP contribution >= 0.6 is 0 Å². The first-order chi connectivity index (χ1) is 12.9. The standard InChI is InChI=1S/C22H18O5/c1-13-7-8-15(14(2)11-13)12-18-19(23)9-10-20(18)27-22(26)17-6-4-3-5-16(17)21(24)25/h3-12,20H,1-2H3,(H,24,25)/b18-12+. The Balaban J connectivity index is 1.89. The van der Waals surface area contributed by atoms with Crippen molar-refractivity contribution in [3.8, 4) is 0 Å². The van der Waals surface area contributed by atoms with E-state index in [1.807, 2.05) is 32.0 Å². The van der Waals surface area contributed by atoms with Crippen LogP contribution in [0.1, 0.15) is 37.4 Å². The maximum atomic E-state index is 12.5. The second kappa shape index (κ2) is 7.41. The average molecular weight is 362 g/mol. The van der Waals surface area contributed by atoms with Crippen molar-refractivity contribution in [2.45, 2.75) is 20.0 Å². The second-order valence-corrected chi connectivity index (χ2v) is 6.36. The van der Waals surface area contributed by atoms with Crippen molar-refractivity contribution >= 4 is 23.8 Å². The highest BCUT2D eigenvalue weighted by Gasteiger charge is 2.28. The first kappa shape index (κ1) is 18.3. The molecule has 2 aromatic carbocycles. The number of esters is 1. The number of allylic oxidation sites excluding steroid dienone is 1. The zero-order valence-electron chi connectivity index (χ0n) is 14.9. The van der Waals surface area contributed by atoms with Crippen LogP contribution in [-0.2, 0) is 9.53 Å². The number of ether oxygens (including phenoxy) is 1. The molecule has 0 bridgehead atoms. The number of aryl methyl sites for hydroxylation is 2. The minimum Gasteiger partial charge on any atom is -0.478 e. The van der Waals surface area contributed by atoms with E-state index >= 15 is 0 Å². The van der Waals surface area contributed by atoms with Crippen molar-refractivity contribution in [1.29, 1.82) is 0 Å². The molecule has 0 amide bonds. The van der Waals surface area contributed by atoms with E-state index in [-0.39, 0.29) is 16.9 Å². The number of ketones is 1. The van der Waals surface area contributed by atoms with Crippen molar-refractivity contribution in [1.82, 2.24) is 0 Å². The predicted octanol–water partition coefficient (Wildman–Crippen LogP) is 3.75. The molecule has 136 valence electrons. The van der Waals surface area contributed by atoms with Crippen LogP contribution in [0.2, 0.25) is 0 Å². The number of carbonyl (C=O) groups excluding carboxylic acids is 2. The molecular weight excluding hydrogens is 344 g/mol. The predicted molar refractivity (Wildman–Crippen MR) is 101 cm³/mol. The first-order valence-electron chi connectivity index (χ1n) is 8.41. The minimum absolute atomic E-state index is 0.0522. The third-order valence-corrected chi connectivity index (χ3v) is 4.36. The van der Waals surface area contributed by atoms with Crippen LogP contribution in [0.15, 0.2) is 60.2 Å². The van der Waals surface area contributed by atoms with E-state index in [1.54, 1.807) is 12.1 Å². The molecule has 0 aromatic heterocycles. The van der Waals surface area contributed by atoms with Gasteiger partial charge in [-0.25, -0.2) is 9.59 Å². The van der Waals surface area contributed by atoms with Gasteiger partial charge >= 0.3 is 11.9 Å². The molecule has 0 fully saturated rings. The van der Waals surface area contributed by atoms with Gasteiger partial charge in [0.05, 0.1) is 11.1 Å². The zero-order valence-corrected chi connectivity index (χ0v) is 14.9. The fraction of sp³-hybridized carbons (Fsp3) is 0.136. The Morgan fingerprint density at radius 2 is 1.78 bits per heavy atom. The third-order valence-electron chi connectivity index (χ3n) is 4.36. The number of carboxylic acids is 1. The molecule has 0 saturated carbocycles. The Morgan fingerprint density at radius 3 is 2.44 bits per heavy atom. The van der Waals surface area contributed by atoms with Crippen molar-refractivity contribution in [2.75, 3.05) is 0 Å². The van der Waals surface area contributed by atoms with Crippen molar-refractivity contribution < 1.29 is 24.2 Å². The van der Waals surface area contributed by atoms with E-state index in [1.165, 1.54) is 30.4 Å². The van der Waals surface area contributed by atoms with E-state index in [0.29, 0.717) is 5.57 Å². The van der Waals surface area contributed by atoms with E-state index in [0.717, 1.165) is 16.7 Å². The van der Waals surface area contributed by atoms with Gasteiger partial charge in [0, 0.05) is 5.57 Å². The summed E-state index contributed by atoms with van der Waals surface area (Å²) in [5.74, 6) is -2.24. The number of benzene rings is 2. The molecule has 0 aliphatic heterocycles. The fourth-order valence-electron chi connectivity index (χ4n) is 2.95. The highest BCUT2D eigenvalue weighted by atomic mass is 16.5. The van der Waals surface area contributed by atoms with E-state index in [9.17, 15) is 19.5 Å². The van der Waals surface area contributed by atoms with Crippen LogP contribution in [0, 0.1) is 13.8 Å². The summed E-state index contributed by atoms with van der Waals surface area (Å²) in [7, 11) is 0. The highest BCUT2D eigenvalue weighted by Crippen LogP contribution is 2.24. The summed E-state index contributed by atoms with van der Waals surface area (Å²) in [5, 5.41) is 9.23. The number of hydrogen-bond donors (Lipinski definition) is 1. The Kier molecular flexibility index (Phi) is 5.03. The van der Waals surface area contributed by atoms with Gasteiger partial charge < -0.3 is 9.84 Å². The van der Waals surface area contributed by atoms with Crippen molar-refractivity contribution in [3.63, 3.8) is 0 Å². The summed E-state index contributed by atoms with van der Waals surface area (Å²) in [6, 6.07) is 11.7. The van der Waals surface area contributed by atoms with Crippen LogP contribution in [0.25, 0.3) is 6.08 Å². The topological polar surface area (TPSA) is 80.7 Å². The van der Waals surface area contributed by atoms with E-state index in [2.05, 4.69) is 0 Å². The van der Waals surface area contributed by atoms with Crippen LogP contribution in [0.3, 0.4) is 0 Å². The normalized spacial score (nSPS) is 17.3. The summed E-state index contributed by atoms with van der Waals surface area (Å²) in [5.41, 5.74) is 3.12.